The molecule has 7 heteroatoms. The van der Waals surface area contributed by atoms with E-state index in [9.17, 15) is 13.2 Å². The summed E-state index contributed by atoms with van der Waals surface area (Å²) in [6, 6.07) is 15.6. The third-order valence-corrected chi connectivity index (χ3v) is 7.69. The summed E-state index contributed by atoms with van der Waals surface area (Å²) in [5.41, 5.74) is 3.52. The van der Waals surface area contributed by atoms with Crippen LogP contribution in [0.15, 0.2) is 65.8 Å². The number of aromatic nitrogens is 3. The van der Waals surface area contributed by atoms with Gasteiger partial charge in [0.25, 0.3) is 10.0 Å². The standard InChI is InChI=1S/C23H21N3O3S/c1-15-19(25-14-24-15)13-16-11-12-21-22(23(16)27)18-9-5-6-10-20(18)26(21)30(28,29)17-7-3-2-4-8-17/h2-10,14,16H,11-13H2,1H3,(H,24,25). The highest BCUT2D eigenvalue weighted by Crippen LogP contribution is 2.37. The van der Waals surface area contributed by atoms with Gasteiger partial charge in [0.15, 0.2) is 5.78 Å². The Bertz CT molecular complexity index is 1370. The predicted octanol–water partition coefficient (Wildman–Crippen LogP) is 3.90. The Kier molecular flexibility index (Phi) is 4.36. The first-order chi connectivity index (χ1) is 14.5. The number of hydrogen-bond acceptors (Lipinski definition) is 4. The van der Waals surface area contributed by atoms with Crippen LogP contribution in [0.3, 0.4) is 0 Å². The molecule has 2 aromatic carbocycles. The van der Waals surface area contributed by atoms with Crippen LogP contribution in [0.1, 0.15) is 33.9 Å². The average Bonchev–Trinajstić information content (AvgIpc) is 3.32. The maximum absolute atomic E-state index is 13.5. The van der Waals surface area contributed by atoms with Gasteiger partial charge in [-0.2, -0.15) is 0 Å². The molecular weight excluding hydrogens is 398 g/mol. The number of para-hydroxylation sites is 1. The number of imidazole rings is 1. The first-order valence-electron chi connectivity index (χ1n) is 9.94. The Morgan fingerprint density at radius 2 is 1.83 bits per heavy atom. The second kappa shape index (κ2) is 6.95. The Labute approximate surface area is 174 Å². The van der Waals surface area contributed by atoms with Gasteiger partial charge in [-0.1, -0.05) is 36.4 Å². The molecule has 1 N–H and O–H groups in total. The minimum absolute atomic E-state index is 0.00291. The fraction of sp³-hybridized carbons (Fsp3) is 0.217. The molecule has 4 aromatic rings. The molecule has 152 valence electrons. The second-order valence-electron chi connectivity index (χ2n) is 7.70. The molecule has 0 saturated carbocycles. The summed E-state index contributed by atoms with van der Waals surface area (Å²) in [7, 11) is -3.81. The number of H-pyrrole nitrogens is 1. The van der Waals surface area contributed by atoms with E-state index in [-0.39, 0.29) is 16.6 Å². The molecule has 2 heterocycles. The molecule has 30 heavy (non-hydrogen) atoms. The number of fused-ring (bicyclic) bond motifs is 3. The van der Waals surface area contributed by atoms with Crippen LogP contribution in [0.5, 0.6) is 0 Å². The largest absolute Gasteiger partial charge is 0.348 e. The monoisotopic (exact) mass is 419 g/mol. The fourth-order valence-electron chi connectivity index (χ4n) is 4.41. The fourth-order valence-corrected chi connectivity index (χ4v) is 6.01. The predicted molar refractivity (Wildman–Crippen MR) is 114 cm³/mol. The van der Waals surface area contributed by atoms with Crippen molar-refractivity contribution in [1.29, 1.82) is 0 Å². The number of aromatic amines is 1. The van der Waals surface area contributed by atoms with Gasteiger partial charge in [0, 0.05) is 34.7 Å². The van der Waals surface area contributed by atoms with E-state index >= 15 is 0 Å². The van der Waals surface area contributed by atoms with Crippen molar-refractivity contribution in [2.45, 2.75) is 31.1 Å². The molecular formula is C23H21N3O3S. The van der Waals surface area contributed by atoms with Crippen molar-refractivity contribution < 1.29 is 13.2 Å². The minimum atomic E-state index is -3.81. The summed E-state index contributed by atoms with van der Waals surface area (Å²) in [5.74, 6) is -0.213. The zero-order valence-electron chi connectivity index (χ0n) is 16.5. The summed E-state index contributed by atoms with van der Waals surface area (Å²) < 4.78 is 28.4. The number of nitrogens with one attached hydrogen (secondary N) is 1. The smallest absolute Gasteiger partial charge is 0.268 e. The first-order valence-corrected chi connectivity index (χ1v) is 11.4. The first kappa shape index (κ1) is 18.8. The van der Waals surface area contributed by atoms with E-state index in [1.165, 1.54) is 3.97 Å². The van der Waals surface area contributed by atoms with E-state index in [0.29, 0.717) is 41.4 Å². The van der Waals surface area contributed by atoms with Crippen molar-refractivity contribution >= 4 is 26.7 Å². The van der Waals surface area contributed by atoms with Gasteiger partial charge in [-0.15, -0.1) is 0 Å². The molecule has 1 unspecified atom stereocenters. The van der Waals surface area contributed by atoms with Crippen LogP contribution in [-0.2, 0) is 22.9 Å². The minimum Gasteiger partial charge on any atom is -0.348 e. The van der Waals surface area contributed by atoms with E-state index in [1.54, 1.807) is 48.8 Å². The SMILES string of the molecule is Cc1[nH]cnc1CC1CCc2c(c3ccccc3n2S(=O)(=O)c2ccccc2)C1=O. The Morgan fingerprint density at radius 1 is 1.10 bits per heavy atom. The van der Waals surface area contributed by atoms with Gasteiger partial charge in [0.05, 0.1) is 22.4 Å². The van der Waals surface area contributed by atoms with Crippen LogP contribution >= 0.6 is 0 Å². The van der Waals surface area contributed by atoms with Gasteiger partial charge in [-0.05, 0) is 38.0 Å². The topological polar surface area (TPSA) is 84.8 Å². The molecule has 0 spiro atoms. The molecule has 0 bridgehead atoms. The van der Waals surface area contributed by atoms with Crippen LogP contribution < -0.4 is 0 Å². The lowest BCUT2D eigenvalue weighted by Gasteiger charge is -2.22. The molecule has 1 aliphatic rings. The summed E-state index contributed by atoms with van der Waals surface area (Å²) in [6.07, 6.45) is 3.31. The maximum Gasteiger partial charge on any atom is 0.268 e. The Morgan fingerprint density at radius 3 is 2.57 bits per heavy atom. The van der Waals surface area contributed by atoms with Crippen LogP contribution in [-0.4, -0.2) is 28.1 Å². The normalized spacial score (nSPS) is 16.7. The van der Waals surface area contributed by atoms with Crippen LogP contribution in [0.25, 0.3) is 10.9 Å². The molecule has 0 aliphatic heterocycles. The number of benzene rings is 2. The molecule has 0 radical (unpaired) electrons. The third-order valence-electron chi connectivity index (χ3n) is 5.93. The summed E-state index contributed by atoms with van der Waals surface area (Å²) in [4.78, 5) is 21.1. The van der Waals surface area contributed by atoms with Gasteiger partial charge in [0.2, 0.25) is 0 Å². The Balaban J connectivity index is 1.67. The van der Waals surface area contributed by atoms with Gasteiger partial charge >= 0.3 is 0 Å². The number of carbonyl (C=O) groups excluding carboxylic acids is 1. The summed E-state index contributed by atoms with van der Waals surface area (Å²) in [6.45, 7) is 1.94. The summed E-state index contributed by atoms with van der Waals surface area (Å²) >= 11 is 0. The molecule has 0 fully saturated rings. The number of hydrogen-bond donors (Lipinski definition) is 1. The number of Topliss-reactive ketones (excluding diaryl/α,β-unsaturated/α-hetero) is 1. The quantitative estimate of drug-likeness (QED) is 0.544. The van der Waals surface area contributed by atoms with E-state index in [0.717, 1.165) is 11.4 Å². The van der Waals surface area contributed by atoms with Crippen LogP contribution in [0.4, 0.5) is 0 Å². The number of rotatable bonds is 4. The van der Waals surface area contributed by atoms with E-state index in [4.69, 9.17) is 0 Å². The molecule has 1 atom stereocenters. The van der Waals surface area contributed by atoms with Crippen molar-refractivity contribution in [3.63, 3.8) is 0 Å². The van der Waals surface area contributed by atoms with Gasteiger partial charge in [-0.3, -0.25) is 4.79 Å². The van der Waals surface area contributed by atoms with E-state index in [2.05, 4.69) is 9.97 Å². The lowest BCUT2D eigenvalue weighted by Crippen LogP contribution is -2.27. The molecule has 6 nitrogen and oxygen atoms in total. The molecule has 0 amide bonds. The second-order valence-corrected chi connectivity index (χ2v) is 9.49. The highest BCUT2D eigenvalue weighted by Gasteiger charge is 2.36. The van der Waals surface area contributed by atoms with Crippen LogP contribution in [0, 0.1) is 12.8 Å². The zero-order chi connectivity index (χ0) is 20.9. The lowest BCUT2D eigenvalue weighted by atomic mass is 9.82. The highest BCUT2D eigenvalue weighted by molar-refractivity contribution is 7.90. The van der Waals surface area contributed by atoms with Crippen molar-refractivity contribution in [2.24, 2.45) is 5.92 Å². The van der Waals surface area contributed by atoms with E-state index < -0.39 is 10.0 Å². The van der Waals surface area contributed by atoms with Gasteiger partial charge in [0.1, 0.15) is 0 Å². The van der Waals surface area contributed by atoms with Crippen molar-refractivity contribution in [1.82, 2.24) is 13.9 Å². The number of ketones is 1. The molecule has 1 aliphatic carbocycles. The number of carbonyl (C=O) groups is 1. The van der Waals surface area contributed by atoms with Crippen molar-refractivity contribution in [3.8, 4) is 0 Å². The van der Waals surface area contributed by atoms with E-state index in [1.807, 2.05) is 19.1 Å². The van der Waals surface area contributed by atoms with Gasteiger partial charge in [-0.25, -0.2) is 17.4 Å². The third kappa shape index (κ3) is 2.81. The summed E-state index contributed by atoms with van der Waals surface area (Å²) in [5, 5.41) is 0.695. The maximum atomic E-state index is 13.5. The van der Waals surface area contributed by atoms with Crippen LogP contribution in [0.2, 0.25) is 0 Å². The number of aryl methyl sites for hydroxylation is 1. The zero-order valence-corrected chi connectivity index (χ0v) is 17.3. The average molecular weight is 420 g/mol. The lowest BCUT2D eigenvalue weighted by molar-refractivity contribution is 0.0902. The molecule has 5 rings (SSSR count). The van der Waals surface area contributed by atoms with Crippen molar-refractivity contribution in [2.75, 3.05) is 0 Å². The highest BCUT2D eigenvalue weighted by atomic mass is 32.2. The number of nitrogens with zero attached hydrogens (tertiary/aromatic N) is 2. The molecule has 2 aromatic heterocycles. The molecule has 0 saturated heterocycles. The Hall–Kier alpha value is -3.19. The van der Waals surface area contributed by atoms with Gasteiger partial charge < -0.3 is 4.98 Å². The van der Waals surface area contributed by atoms with Crippen molar-refractivity contribution in [3.05, 3.63) is 83.6 Å².